The first kappa shape index (κ1) is 13.5. The normalized spacial score (nSPS) is 16.2. The second-order valence-corrected chi connectivity index (χ2v) is 5.51. The summed E-state index contributed by atoms with van der Waals surface area (Å²) in [5.41, 5.74) is 0.775. The van der Waals surface area contributed by atoms with Crippen molar-refractivity contribution in [2.75, 3.05) is 38.3 Å². The summed E-state index contributed by atoms with van der Waals surface area (Å²) in [6.45, 7) is 2.93. The molecule has 0 aromatic carbocycles. The number of thiazole rings is 1. The van der Waals surface area contributed by atoms with Crippen LogP contribution in [0.3, 0.4) is 0 Å². The maximum Gasteiger partial charge on any atom is 0.225 e. The Bertz CT molecular complexity index is 640. The van der Waals surface area contributed by atoms with E-state index >= 15 is 0 Å². The van der Waals surface area contributed by atoms with E-state index in [2.05, 4.69) is 19.9 Å². The van der Waals surface area contributed by atoms with Crippen molar-refractivity contribution in [1.29, 1.82) is 0 Å². The minimum atomic E-state index is 0.241. The van der Waals surface area contributed by atoms with Gasteiger partial charge in [0.1, 0.15) is 10.5 Å². The van der Waals surface area contributed by atoms with Crippen molar-refractivity contribution in [1.82, 2.24) is 15.0 Å². The van der Waals surface area contributed by atoms with Gasteiger partial charge in [-0.05, 0) is 11.6 Å². The quantitative estimate of drug-likeness (QED) is 0.639. The van der Waals surface area contributed by atoms with Gasteiger partial charge in [0, 0.05) is 19.2 Å². The lowest BCUT2D eigenvalue weighted by molar-refractivity contribution is 0.122. The van der Waals surface area contributed by atoms with Gasteiger partial charge in [0.15, 0.2) is 10.6 Å². The fraction of sp³-hybridized carbons (Fsp3) is 0.417. The maximum atomic E-state index is 6.01. The average Bonchev–Trinajstić information content (AvgIpc) is 2.87. The van der Waals surface area contributed by atoms with Crippen LogP contribution in [0, 0.1) is 0 Å². The molecule has 1 aliphatic rings. The Labute approximate surface area is 125 Å². The summed E-state index contributed by atoms with van der Waals surface area (Å²) in [7, 11) is 1.60. The molecule has 6 nitrogen and oxygen atoms in total. The first-order valence-corrected chi connectivity index (χ1v) is 7.33. The Morgan fingerprint density at radius 2 is 2.10 bits per heavy atom. The zero-order valence-electron chi connectivity index (χ0n) is 10.9. The zero-order chi connectivity index (χ0) is 13.9. The minimum absolute atomic E-state index is 0.241. The van der Waals surface area contributed by atoms with Gasteiger partial charge in [0.25, 0.3) is 0 Å². The van der Waals surface area contributed by atoms with E-state index in [0.29, 0.717) is 13.2 Å². The van der Waals surface area contributed by atoms with Crippen molar-refractivity contribution in [2.45, 2.75) is 0 Å². The second-order valence-electron chi connectivity index (χ2n) is 4.16. The fourth-order valence-electron chi connectivity index (χ4n) is 1.99. The Morgan fingerprint density at radius 1 is 1.30 bits per heavy atom. The summed E-state index contributed by atoms with van der Waals surface area (Å²) >= 11 is 7.47. The number of hydrogen-bond donors (Lipinski definition) is 0. The number of methoxy groups -OCH3 is 1. The summed E-state index contributed by atoms with van der Waals surface area (Å²) in [4.78, 5) is 16.0. The molecule has 0 unspecified atom stereocenters. The van der Waals surface area contributed by atoms with Crippen LogP contribution in [0.1, 0.15) is 5.01 Å². The van der Waals surface area contributed by atoms with Crippen molar-refractivity contribution in [3.8, 4) is 0 Å². The third-order valence-corrected chi connectivity index (χ3v) is 3.97. The van der Waals surface area contributed by atoms with Gasteiger partial charge in [-0.3, -0.25) is 0 Å². The van der Waals surface area contributed by atoms with E-state index in [9.17, 15) is 0 Å². The lowest BCUT2D eigenvalue weighted by Crippen LogP contribution is -2.37. The molecule has 2 aromatic heterocycles. The summed E-state index contributed by atoms with van der Waals surface area (Å²) < 4.78 is 10.3. The highest BCUT2D eigenvalue weighted by Crippen LogP contribution is 2.30. The van der Waals surface area contributed by atoms with Crippen LogP contribution >= 0.6 is 22.9 Å². The van der Waals surface area contributed by atoms with E-state index in [1.165, 1.54) is 11.3 Å². The number of aromatic nitrogens is 3. The number of anilines is 1. The molecule has 1 saturated heterocycles. The maximum absolute atomic E-state index is 6.01. The van der Waals surface area contributed by atoms with Crippen LogP contribution in [-0.2, 0) is 9.47 Å². The molecular formula is C12H13ClN4O2S. The van der Waals surface area contributed by atoms with Crippen LogP contribution < -0.4 is 4.90 Å². The number of fused-ring (bicyclic) bond motifs is 1. The first-order chi connectivity index (χ1) is 9.78. The van der Waals surface area contributed by atoms with Crippen LogP contribution in [0.25, 0.3) is 16.4 Å². The molecule has 0 spiro atoms. The van der Waals surface area contributed by atoms with Gasteiger partial charge in [0.2, 0.25) is 5.28 Å². The topological polar surface area (TPSA) is 60.4 Å². The summed E-state index contributed by atoms with van der Waals surface area (Å²) in [6.07, 6.45) is 3.38. The first-order valence-electron chi connectivity index (χ1n) is 6.14. The molecule has 20 heavy (non-hydrogen) atoms. The highest BCUT2D eigenvalue weighted by atomic mass is 35.5. The molecule has 0 N–H and O–H groups in total. The molecule has 0 aliphatic carbocycles. The van der Waals surface area contributed by atoms with E-state index in [-0.39, 0.29) is 5.28 Å². The number of ether oxygens (including phenoxy) is 2. The molecule has 3 heterocycles. The molecule has 1 aliphatic heterocycles. The largest absolute Gasteiger partial charge is 0.504 e. The lowest BCUT2D eigenvalue weighted by Gasteiger charge is -2.27. The van der Waals surface area contributed by atoms with Crippen molar-refractivity contribution < 1.29 is 9.47 Å². The molecule has 2 aromatic rings. The number of nitrogens with zero attached hydrogens (tertiary/aromatic N) is 4. The van der Waals surface area contributed by atoms with Gasteiger partial charge >= 0.3 is 0 Å². The number of rotatable bonds is 3. The Kier molecular flexibility index (Phi) is 4.00. The third kappa shape index (κ3) is 2.70. The monoisotopic (exact) mass is 312 g/mol. The van der Waals surface area contributed by atoms with Crippen LogP contribution in [0.4, 0.5) is 5.82 Å². The molecule has 3 rings (SSSR count). The van der Waals surface area contributed by atoms with Gasteiger partial charge < -0.3 is 14.4 Å². The Morgan fingerprint density at radius 3 is 2.85 bits per heavy atom. The Balaban J connectivity index is 2.05. The highest BCUT2D eigenvalue weighted by Gasteiger charge is 2.19. The van der Waals surface area contributed by atoms with Gasteiger partial charge in [0.05, 0.1) is 26.6 Å². The standard InChI is InChI=1S/C12H13ClN4O2S/c1-18-5-2-8-14-9-10(17-3-6-19-7-4-17)15-12(13)16-11(9)20-8/h2,5H,3-4,6-7H2,1H3/b5-2+. The molecule has 0 radical (unpaired) electrons. The molecule has 1 fully saturated rings. The van der Waals surface area contributed by atoms with Crippen molar-refractivity contribution in [2.24, 2.45) is 0 Å². The zero-order valence-corrected chi connectivity index (χ0v) is 12.4. The fourth-order valence-corrected chi connectivity index (χ4v) is 3.03. The van der Waals surface area contributed by atoms with Crippen LogP contribution in [-0.4, -0.2) is 48.4 Å². The third-order valence-electron chi connectivity index (χ3n) is 2.89. The molecule has 0 atom stereocenters. The highest BCUT2D eigenvalue weighted by molar-refractivity contribution is 7.19. The molecule has 8 heteroatoms. The van der Waals surface area contributed by atoms with Gasteiger partial charge in [-0.15, -0.1) is 0 Å². The van der Waals surface area contributed by atoms with E-state index in [1.54, 1.807) is 19.4 Å². The van der Waals surface area contributed by atoms with Crippen molar-refractivity contribution >= 4 is 45.2 Å². The smallest absolute Gasteiger partial charge is 0.225 e. The SMILES string of the molecule is CO/C=C/c1nc2c(N3CCOCC3)nc(Cl)nc2s1. The number of morpholine rings is 1. The van der Waals surface area contributed by atoms with E-state index in [1.807, 2.05) is 0 Å². The summed E-state index contributed by atoms with van der Waals surface area (Å²) in [5, 5.41) is 1.05. The van der Waals surface area contributed by atoms with Gasteiger partial charge in [-0.1, -0.05) is 11.3 Å². The summed E-state index contributed by atoms with van der Waals surface area (Å²) in [5.74, 6) is 0.775. The predicted molar refractivity (Wildman–Crippen MR) is 79.3 cm³/mol. The van der Waals surface area contributed by atoms with Crippen LogP contribution in [0.2, 0.25) is 5.28 Å². The summed E-state index contributed by atoms with van der Waals surface area (Å²) in [6, 6.07) is 0. The molecule has 0 bridgehead atoms. The number of hydrogen-bond acceptors (Lipinski definition) is 7. The predicted octanol–water partition coefficient (Wildman–Crippen LogP) is 2.19. The van der Waals surface area contributed by atoms with E-state index < -0.39 is 0 Å². The average molecular weight is 313 g/mol. The van der Waals surface area contributed by atoms with Gasteiger partial charge in [-0.25, -0.2) is 9.97 Å². The van der Waals surface area contributed by atoms with Crippen LogP contribution in [0.15, 0.2) is 6.26 Å². The second kappa shape index (κ2) is 5.90. The molecular weight excluding hydrogens is 300 g/mol. The van der Waals surface area contributed by atoms with Gasteiger partial charge in [-0.2, -0.15) is 4.98 Å². The number of halogens is 1. The van der Waals surface area contributed by atoms with E-state index in [4.69, 9.17) is 21.1 Å². The van der Waals surface area contributed by atoms with E-state index in [0.717, 1.165) is 34.3 Å². The van der Waals surface area contributed by atoms with Crippen LogP contribution in [0.5, 0.6) is 0 Å². The van der Waals surface area contributed by atoms with Crippen molar-refractivity contribution in [3.63, 3.8) is 0 Å². The van der Waals surface area contributed by atoms with Crippen molar-refractivity contribution in [3.05, 3.63) is 16.6 Å². The lowest BCUT2D eigenvalue weighted by atomic mass is 10.4. The molecule has 0 amide bonds. The minimum Gasteiger partial charge on any atom is -0.504 e. The molecule has 106 valence electrons. The Hall–Kier alpha value is -1.44. The molecule has 0 saturated carbocycles.